The fraction of sp³-hybridized carbons (Fsp3) is 0.333. The zero-order valence-corrected chi connectivity index (χ0v) is 10.5. The maximum atomic E-state index is 10.9. The topological polar surface area (TPSA) is 67.5 Å². The second kappa shape index (κ2) is 5.23. The van der Waals surface area contributed by atoms with Crippen LogP contribution in [0.15, 0.2) is 29.3 Å². The van der Waals surface area contributed by atoms with E-state index in [4.69, 9.17) is 5.73 Å². The molecule has 90 valence electrons. The van der Waals surface area contributed by atoms with Crippen molar-refractivity contribution in [3.05, 3.63) is 29.8 Å². The smallest absolute Gasteiger partial charge is 0.248 e. The van der Waals surface area contributed by atoms with Crippen molar-refractivity contribution in [1.82, 2.24) is 0 Å². The second-order valence-corrected chi connectivity index (χ2v) is 5.15. The number of hydrogen-bond donors (Lipinski definition) is 2. The molecule has 5 heteroatoms. The van der Waals surface area contributed by atoms with Gasteiger partial charge in [-0.3, -0.25) is 9.79 Å². The first-order valence-electron chi connectivity index (χ1n) is 5.57. The lowest BCUT2D eigenvalue weighted by atomic mass is 10.2. The number of aliphatic imine (C=N–C) groups is 1. The molecule has 1 aliphatic rings. The molecule has 0 saturated carbocycles. The highest BCUT2D eigenvalue weighted by Crippen LogP contribution is 2.24. The van der Waals surface area contributed by atoms with Crippen LogP contribution >= 0.6 is 11.8 Å². The van der Waals surface area contributed by atoms with Crippen LogP contribution in [0, 0.1) is 0 Å². The molecule has 1 aromatic carbocycles. The fourth-order valence-electron chi connectivity index (χ4n) is 1.54. The van der Waals surface area contributed by atoms with Crippen molar-refractivity contribution in [2.45, 2.75) is 18.6 Å². The van der Waals surface area contributed by atoms with Crippen LogP contribution in [0.5, 0.6) is 0 Å². The monoisotopic (exact) mass is 249 g/mol. The average molecular weight is 249 g/mol. The van der Waals surface area contributed by atoms with E-state index in [-0.39, 0.29) is 0 Å². The Morgan fingerprint density at radius 3 is 2.76 bits per heavy atom. The summed E-state index contributed by atoms with van der Waals surface area (Å²) >= 11 is 1.76. The highest BCUT2D eigenvalue weighted by Gasteiger charge is 2.17. The molecule has 0 fully saturated rings. The first-order valence-corrected chi connectivity index (χ1v) is 6.45. The van der Waals surface area contributed by atoms with Gasteiger partial charge in [0.1, 0.15) is 0 Å². The van der Waals surface area contributed by atoms with Gasteiger partial charge in [-0.2, -0.15) is 0 Å². The summed E-state index contributed by atoms with van der Waals surface area (Å²) in [6.07, 6.45) is 1.12. The number of nitrogens with zero attached hydrogens (tertiary/aromatic N) is 1. The summed E-state index contributed by atoms with van der Waals surface area (Å²) in [6, 6.07) is 7.09. The van der Waals surface area contributed by atoms with E-state index in [1.165, 1.54) is 0 Å². The lowest BCUT2D eigenvalue weighted by molar-refractivity contribution is 0.100. The summed E-state index contributed by atoms with van der Waals surface area (Å²) in [6.45, 7) is 3.04. The van der Waals surface area contributed by atoms with Gasteiger partial charge in [-0.15, -0.1) is 0 Å². The minimum absolute atomic E-state index is 0.407. The molecule has 0 spiro atoms. The number of benzene rings is 1. The van der Waals surface area contributed by atoms with Crippen LogP contribution in [-0.4, -0.2) is 22.9 Å². The normalized spacial score (nSPS) is 18.9. The van der Waals surface area contributed by atoms with Crippen molar-refractivity contribution in [1.29, 1.82) is 0 Å². The van der Waals surface area contributed by atoms with Crippen LogP contribution in [0.1, 0.15) is 23.7 Å². The van der Waals surface area contributed by atoms with Crippen molar-refractivity contribution in [3.8, 4) is 0 Å². The number of hydrogen-bond acceptors (Lipinski definition) is 4. The number of amidine groups is 1. The van der Waals surface area contributed by atoms with Gasteiger partial charge >= 0.3 is 0 Å². The molecule has 0 saturated heterocycles. The van der Waals surface area contributed by atoms with E-state index in [1.807, 2.05) is 12.1 Å². The lowest BCUT2D eigenvalue weighted by Crippen LogP contribution is -2.11. The van der Waals surface area contributed by atoms with Crippen LogP contribution in [-0.2, 0) is 0 Å². The Labute approximate surface area is 105 Å². The van der Waals surface area contributed by atoms with Crippen LogP contribution in [0.2, 0.25) is 0 Å². The minimum Gasteiger partial charge on any atom is -0.366 e. The molecule has 4 nitrogen and oxygen atoms in total. The van der Waals surface area contributed by atoms with Gasteiger partial charge in [0.15, 0.2) is 5.17 Å². The first kappa shape index (κ1) is 12.0. The lowest BCUT2D eigenvalue weighted by Gasteiger charge is -2.07. The predicted molar refractivity (Wildman–Crippen MR) is 72.6 cm³/mol. The Morgan fingerprint density at radius 2 is 2.24 bits per heavy atom. The summed E-state index contributed by atoms with van der Waals surface area (Å²) in [5.41, 5.74) is 6.62. The number of nitrogens with one attached hydrogen (secondary N) is 1. The van der Waals surface area contributed by atoms with Gasteiger partial charge < -0.3 is 11.1 Å². The second-order valence-electron chi connectivity index (χ2n) is 3.86. The van der Waals surface area contributed by atoms with Crippen molar-refractivity contribution < 1.29 is 4.79 Å². The van der Waals surface area contributed by atoms with Crippen molar-refractivity contribution >= 4 is 28.5 Å². The summed E-state index contributed by atoms with van der Waals surface area (Å²) < 4.78 is 0. The van der Waals surface area contributed by atoms with E-state index in [1.54, 1.807) is 23.9 Å². The molecule has 3 N–H and O–H groups in total. The Hall–Kier alpha value is -1.49. The number of nitrogens with two attached hydrogens (primary N) is 1. The largest absolute Gasteiger partial charge is 0.366 e. The van der Waals surface area contributed by atoms with Gasteiger partial charge in [0.05, 0.1) is 6.54 Å². The van der Waals surface area contributed by atoms with Gasteiger partial charge in [0, 0.05) is 16.5 Å². The number of anilines is 1. The molecule has 0 aliphatic carbocycles. The highest BCUT2D eigenvalue weighted by atomic mass is 32.2. The van der Waals surface area contributed by atoms with Gasteiger partial charge in [-0.1, -0.05) is 18.7 Å². The van der Waals surface area contributed by atoms with E-state index in [2.05, 4.69) is 17.2 Å². The molecule has 0 radical (unpaired) electrons. The van der Waals surface area contributed by atoms with Gasteiger partial charge in [0.25, 0.3) is 0 Å². The van der Waals surface area contributed by atoms with Crippen molar-refractivity contribution in [2.75, 3.05) is 11.9 Å². The predicted octanol–water partition coefficient (Wildman–Crippen LogP) is 2.08. The van der Waals surface area contributed by atoms with E-state index >= 15 is 0 Å². The summed E-state index contributed by atoms with van der Waals surface area (Å²) in [5, 5.41) is 4.77. The molecule has 1 aromatic rings. The van der Waals surface area contributed by atoms with E-state index < -0.39 is 5.91 Å². The molecule has 0 bridgehead atoms. The number of primary amides is 1. The molecule has 1 aliphatic heterocycles. The van der Waals surface area contributed by atoms with Gasteiger partial charge in [-0.05, 0) is 30.7 Å². The van der Waals surface area contributed by atoms with Crippen molar-refractivity contribution in [3.63, 3.8) is 0 Å². The number of carbonyl (C=O) groups is 1. The standard InChI is InChI=1S/C12H15N3OS/c1-2-10-7-14-12(17-10)15-9-5-3-8(4-6-9)11(13)16/h3-6,10H,2,7H2,1H3,(H2,13,16)(H,14,15). The number of rotatable bonds is 3. The molecular formula is C12H15N3OS. The molecule has 1 heterocycles. The van der Waals surface area contributed by atoms with Crippen LogP contribution < -0.4 is 11.1 Å². The molecular weight excluding hydrogens is 234 g/mol. The average Bonchev–Trinajstić information content (AvgIpc) is 2.77. The minimum atomic E-state index is -0.407. The zero-order valence-electron chi connectivity index (χ0n) is 9.64. The Balaban J connectivity index is 1.98. The molecule has 1 atom stereocenters. The fourth-order valence-corrected chi connectivity index (χ4v) is 2.50. The van der Waals surface area contributed by atoms with Gasteiger partial charge in [-0.25, -0.2) is 0 Å². The maximum absolute atomic E-state index is 10.9. The molecule has 0 aromatic heterocycles. The Bertz CT molecular complexity index is 442. The van der Waals surface area contributed by atoms with Gasteiger partial charge in [0.2, 0.25) is 5.91 Å². The van der Waals surface area contributed by atoms with Crippen LogP contribution in [0.3, 0.4) is 0 Å². The van der Waals surface area contributed by atoms with Crippen LogP contribution in [0.4, 0.5) is 5.69 Å². The third-order valence-corrected chi connectivity index (χ3v) is 3.86. The maximum Gasteiger partial charge on any atom is 0.248 e. The SMILES string of the molecule is CCC1CN=C(Nc2ccc(C(N)=O)cc2)S1. The van der Waals surface area contributed by atoms with E-state index in [0.717, 1.165) is 23.8 Å². The van der Waals surface area contributed by atoms with Crippen LogP contribution in [0.25, 0.3) is 0 Å². The number of thioether (sulfide) groups is 1. The number of carbonyl (C=O) groups excluding carboxylic acids is 1. The third-order valence-electron chi connectivity index (χ3n) is 2.59. The molecule has 1 amide bonds. The van der Waals surface area contributed by atoms with E-state index in [9.17, 15) is 4.79 Å². The summed E-state index contributed by atoms with van der Waals surface area (Å²) in [5.74, 6) is -0.407. The van der Waals surface area contributed by atoms with Crippen molar-refractivity contribution in [2.24, 2.45) is 10.7 Å². The highest BCUT2D eigenvalue weighted by molar-refractivity contribution is 8.15. The Kier molecular flexibility index (Phi) is 3.68. The molecule has 2 rings (SSSR count). The third kappa shape index (κ3) is 3.00. The zero-order chi connectivity index (χ0) is 12.3. The first-order chi connectivity index (χ1) is 8.19. The molecule has 17 heavy (non-hydrogen) atoms. The Morgan fingerprint density at radius 1 is 1.53 bits per heavy atom. The quantitative estimate of drug-likeness (QED) is 0.861. The number of amides is 1. The van der Waals surface area contributed by atoms with E-state index in [0.29, 0.717) is 10.8 Å². The summed E-state index contributed by atoms with van der Waals surface area (Å²) in [7, 11) is 0. The molecule has 1 unspecified atom stereocenters. The summed E-state index contributed by atoms with van der Waals surface area (Å²) in [4.78, 5) is 15.3.